The zero-order chi connectivity index (χ0) is 21.1. The van der Waals surface area contributed by atoms with Gasteiger partial charge in [-0.25, -0.2) is 0 Å². The van der Waals surface area contributed by atoms with Gasteiger partial charge in [0.05, 0.1) is 17.6 Å². The van der Waals surface area contributed by atoms with Gasteiger partial charge >= 0.3 is 0 Å². The number of ether oxygens (including phenoxy) is 1. The number of benzene rings is 3. The summed E-state index contributed by atoms with van der Waals surface area (Å²) >= 11 is 11.2. The number of methoxy groups -OCH3 is 1. The van der Waals surface area contributed by atoms with E-state index in [1.165, 1.54) is 19.2 Å². The van der Waals surface area contributed by atoms with Gasteiger partial charge in [-0.1, -0.05) is 35.9 Å². The minimum atomic E-state index is -0.564. The van der Waals surface area contributed by atoms with Crippen molar-refractivity contribution >= 4 is 57.0 Å². The summed E-state index contributed by atoms with van der Waals surface area (Å²) in [7, 11) is 1.49. The van der Waals surface area contributed by atoms with Gasteiger partial charge in [0.15, 0.2) is 5.11 Å². The summed E-state index contributed by atoms with van der Waals surface area (Å²) in [5.41, 5.74) is 1.14. The van der Waals surface area contributed by atoms with Crippen molar-refractivity contribution in [3.8, 4) is 5.75 Å². The van der Waals surface area contributed by atoms with E-state index in [1.807, 2.05) is 24.3 Å². The first-order valence-corrected chi connectivity index (χ1v) is 9.22. The normalized spacial score (nSPS) is 10.4. The molecule has 0 atom stereocenters. The second-order valence-electron chi connectivity index (χ2n) is 6.18. The SMILES string of the molecule is COc1cc2ccccc2cc1C(=O)NC(=S)Nc1cc(Cl)c([N+](=O)[O-])cc1C. The first-order valence-electron chi connectivity index (χ1n) is 8.44. The number of nitro benzene ring substituents is 1. The highest BCUT2D eigenvalue weighted by Crippen LogP contribution is 2.30. The molecule has 0 saturated carbocycles. The van der Waals surface area contributed by atoms with Crippen molar-refractivity contribution in [3.63, 3.8) is 0 Å². The number of nitro groups is 1. The van der Waals surface area contributed by atoms with E-state index in [4.69, 9.17) is 28.6 Å². The van der Waals surface area contributed by atoms with Crippen LogP contribution in [0.1, 0.15) is 15.9 Å². The van der Waals surface area contributed by atoms with Gasteiger partial charge in [0.25, 0.3) is 11.6 Å². The first kappa shape index (κ1) is 20.5. The molecule has 0 aliphatic rings. The lowest BCUT2D eigenvalue weighted by atomic mass is 10.1. The number of thiocarbonyl (C=S) groups is 1. The predicted molar refractivity (Wildman–Crippen MR) is 117 cm³/mol. The molecule has 0 unspecified atom stereocenters. The van der Waals surface area contributed by atoms with Crippen LogP contribution in [-0.2, 0) is 0 Å². The van der Waals surface area contributed by atoms with E-state index >= 15 is 0 Å². The molecular formula is C20H16ClN3O4S. The molecule has 0 aromatic heterocycles. The van der Waals surface area contributed by atoms with Gasteiger partial charge in [-0.2, -0.15) is 0 Å². The molecule has 0 aliphatic carbocycles. The van der Waals surface area contributed by atoms with E-state index in [2.05, 4.69) is 10.6 Å². The van der Waals surface area contributed by atoms with Crippen LogP contribution in [0.4, 0.5) is 11.4 Å². The maximum Gasteiger partial charge on any atom is 0.288 e. The van der Waals surface area contributed by atoms with Gasteiger partial charge in [0, 0.05) is 11.8 Å². The maximum atomic E-state index is 12.7. The third-order valence-corrected chi connectivity index (χ3v) is 4.79. The fourth-order valence-corrected chi connectivity index (χ4v) is 3.27. The minimum Gasteiger partial charge on any atom is -0.496 e. The Hall–Kier alpha value is -3.23. The summed E-state index contributed by atoms with van der Waals surface area (Å²) in [5, 5.41) is 18.2. The Morgan fingerprint density at radius 2 is 1.83 bits per heavy atom. The topological polar surface area (TPSA) is 93.5 Å². The van der Waals surface area contributed by atoms with Gasteiger partial charge in [-0.05, 0) is 53.7 Å². The molecule has 29 heavy (non-hydrogen) atoms. The van der Waals surface area contributed by atoms with Crippen LogP contribution in [0, 0.1) is 17.0 Å². The Morgan fingerprint density at radius 1 is 1.17 bits per heavy atom. The molecular weight excluding hydrogens is 414 g/mol. The lowest BCUT2D eigenvalue weighted by Crippen LogP contribution is -2.34. The maximum absolute atomic E-state index is 12.7. The Balaban J connectivity index is 1.81. The average Bonchev–Trinajstić information content (AvgIpc) is 2.69. The fourth-order valence-electron chi connectivity index (χ4n) is 2.83. The molecule has 3 aromatic rings. The van der Waals surface area contributed by atoms with Crippen LogP contribution < -0.4 is 15.4 Å². The average molecular weight is 430 g/mol. The van der Waals surface area contributed by atoms with E-state index in [0.29, 0.717) is 22.6 Å². The number of anilines is 1. The highest BCUT2D eigenvalue weighted by molar-refractivity contribution is 7.80. The number of carbonyl (C=O) groups is 1. The van der Waals surface area contributed by atoms with Crippen molar-refractivity contribution in [2.75, 3.05) is 12.4 Å². The first-order chi connectivity index (χ1) is 13.8. The lowest BCUT2D eigenvalue weighted by Gasteiger charge is -2.14. The summed E-state index contributed by atoms with van der Waals surface area (Å²) in [4.78, 5) is 23.1. The summed E-state index contributed by atoms with van der Waals surface area (Å²) in [5.74, 6) is -0.0330. The third-order valence-electron chi connectivity index (χ3n) is 4.28. The van der Waals surface area contributed by atoms with Gasteiger partial charge in [0.2, 0.25) is 0 Å². The van der Waals surface area contributed by atoms with E-state index in [0.717, 1.165) is 10.8 Å². The van der Waals surface area contributed by atoms with E-state index < -0.39 is 10.8 Å². The molecule has 0 aliphatic heterocycles. The molecule has 3 aromatic carbocycles. The molecule has 1 amide bonds. The van der Waals surface area contributed by atoms with Crippen molar-refractivity contribution in [1.29, 1.82) is 0 Å². The Bertz CT molecular complexity index is 1150. The minimum absolute atomic E-state index is 0.0261. The number of carbonyl (C=O) groups excluding carboxylic acids is 1. The number of aryl methyl sites for hydroxylation is 1. The summed E-state index contributed by atoms with van der Waals surface area (Å²) in [6.45, 7) is 1.67. The number of rotatable bonds is 4. The number of amides is 1. The molecule has 148 valence electrons. The van der Waals surface area contributed by atoms with E-state index in [1.54, 1.807) is 19.1 Å². The van der Waals surface area contributed by atoms with Gasteiger partial charge in [0.1, 0.15) is 10.8 Å². The second kappa shape index (κ2) is 8.42. The fraction of sp³-hybridized carbons (Fsp3) is 0.100. The quantitative estimate of drug-likeness (QED) is 0.350. The smallest absolute Gasteiger partial charge is 0.288 e. The van der Waals surface area contributed by atoms with Crippen molar-refractivity contribution in [2.24, 2.45) is 0 Å². The van der Waals surface area contributed by atoms with Crippen molar-refractivity contribution in [2.45, 2.75) is 6.92 Å². The number of hydrogen-bond acceptors (Lipinski definition) is 5. The van der Waals surface area contributed by atoms with E-state index in [-0.39, 0.29) is 15.8 Å². The predicted octanol–water partition coefficient (Wildman–Crippen LogP) is 4.85. The highest BCUT2D eigenvalue weighted by Gasteiger charge is 2.18. The van der Waals surface area contributed by atoms with Crippen LogP contribution in [0.3, 0.4) is 0 Å². The molecule has 9 heteroatoms. The van der Waals surface area contributed by atoms with Gasteiger partial charge in [-0.15, -0.1) is 0 Å². The van der Waals surface area contributed by atoms with Crippen LogP contribution in [0.5, 0.6) is 5.75 Å². The number of nitrogens with zero attached hydrogens (tertiary/aromatic N) is 1. The van der Waals surface area contributed by atoms with Gasteiger partial charge < -0.3 is 10.1 Å². The van der Waals surface area contributed by atoms with Crippen molar-refractivity contribution in [1.82, 2.24) is 5.32 Å². The Labute approximate surface area is 176 Å². The van der Waals surface area contributed by atoms with Crippen LogP contribution in [0.25, 0.3) is 10.8 Å². The molecule has 0 radical (unpaired) electrons. The molecule has 7 nitrogen and oxygen atoms in total. The Morgan fingerprint density at radius 3 is 2.45 bits per heavy atom. The van der Waals surface area contributed by atoms with Crippen molar-refractivity contribution < 1.29 is 14.5 Å². The summed E-state index contributed by atoms with van der Waals surface area (Å²) < 4.78 is 5.34. The number of nitrogens with one attached hydrogen (secondary N) is 2. The molecule has 0 heterocycles. The van der Waals surface area contributed by atoms with Crippen LogP contribution >= 0.6 is 23.8 Å². The third kappa shape index (κ3) is 4.44. The molecule has 2 N–H and O–H groups in total. The van der Waals surface area contributed by atoms with Crippen LogP contribution in [-0.4, -0.2) is 23.1 Å². The number of fused-ring (bicyclic) bond motifs is 1. The summed E-state index contributed by atoms with van der Waals surface area (Å²) in [6, 6.07) is 13.8. The number of hydrogen-bond donors (Lipinski definition) is 2. The molecule has 0 spiro atoms. The highest BCUT2D eigenvalue weighted by atomic mass is 35.5. The molecule has 0 saturated heterocycles. The van der Waals surface area contributed by atoms with E-state index in [9.17, 15) is 14.9 Å². The molecule has 0 bridgehead atoms. The van der Waals surface area contributed by atoms with Crippen LogP contribution in [0.2, 0.25) is 5.02 Å². The van der Waals surface area contributed by atoms with Crippen molar-refractivity contribution in [3.05, 3.63) is 74.8 Å². The standard InChI is InChI=1S/C20H16ClN3O4S/c1-11-7-17(24(26)27)15(21)10-16(11)22-20(29)23-19(25)14-8-12-5-3-4-6-13(12)9-18(14)28-2/h3-10H,1-2H3,(H2,22,23,25,29). The number of halogens is 1. The Kier molecular flexibility index (Phi) is 5.95. The zero-order valence-corrected chi connectivity index (χ0v) is 17.1. The molecule has 3 rings (SSSR count). The zero-order valence-electron chi connectivity index (χ0n) is 15.5. The van der Waals surface area contributed by atoms with Gasteiger partial charge in [-0.3, -0.25) is 20.2 Å². The monoisotopic (exact) mass is 429 g/mol. The molecule has 0 fully saturated rings. The lowest BCUT2D eigenvalue weighted by molar-refractivity contribution is -0.384. The second-order valence-corrected chi connectivity index (χ2v) is 7.00. The largest absolute Gasteiger partial charge is 0.496 e. The summed E-state index contributed by atoms with van der Waals surface area (Å²) in [6.07, 6.45) is 0. The van der Waals surface area contributed by atoms with Crippen LogP contribution in [0.15, 0.2) is 48.5 Å².